The summed E-state index contributed by atoms with van der Waals surface area (Å²) >= 11 is 2.31. The molecule has 0 bridgehead atoms. The molecule has 4 saturated heterocycles. The van der Waals surface area contributed by atoms with Gasteiger partial charge < -0.3 is 19.5 Å². The highest BCUT2D eigenvalue weighted by Gasteiger charge is 2.40. The van der Waals surface area contributed by atoms with Crippen molar-refractivity contribution in [2.75, 3.05) is 49.1 Å². The van der Waals surface area contributed by atoms with Crippen molar-refractivity contribution in [3.8, 4) is 18.0 Å². The maximum atomic E-state index is 7.35. The predicted molar refractivity (Wildman–Crippen MR) is 226 cm³/mol. The van der Waals surface area contributed by atoms with Gasteiger partial charge in [-0.25, -0.2) is 14.6 Å². The number of anilines is 2. The van der Waals surface area contributed by atoms with Gasteiger partial charge in [-0.2, -0.15) is 0 Å². The van der Waals surface area contributed by atoms with E-state index in [1.165, 1.54) is 14.7 Å². The van der Waals surface area contributed by atoms with Gasteiger partial charge in [0.15, 0.2) is 11.6 Å². The number of piperazine rings is 2. The zero-order valence-electron chi connectivity index (χ0n) is 31.7. The third kappa shape index (κ3) is 8.81. The monoisotopic (exact) mass is 857 g/mol. The topological polar surface area (TPSA) is 104 Å². The van der Waals surface area contributed by atoms with Crippen molar-refractivity contribution in [3.63, 3.8) is 0 Å². The summed E-state index contributed by atoms with van der Waals surface area (Å²) in [6.45, 7) is 24.0. The van der Waals surface area contributed by atoms with Gasteiger partial charge in [-0.1, -0.05) is 54.1 Å². The first-order valence-corrected chi connectivity index (χ1v) is 20.0. The molecule has 0 N–H and O–H groups in total. The van der Waals surface area contributed by atoms with Gasteiger partial charge in [-0.05, 0) is 92.0 Å². The van der Waals surface area contributed by atoms with Gasteiger partial charge in [-0.15, -0.1) is 21.5 Å². The second-order valence-electron chi connectivity index (χ2n) is 14.4. The largest absolute Gasteiger partial charge is 0.361 e. The average molecular weight is 858 g/mol. The fourth-order valence-electron chi connectivity index (χ4n) is 8.17. The molecule has 0 amide bonds. The van der Waals surface area contributed by atoms with E-state index < -0.39 is 0 Å². The van der Waals surface area contributed by atoms with E-state index >= 15 is 0 Å². The quantitative estimate of drug-likeness (QED) is 0.108. The fraction of sp³-hybridized carbons (Fsp3) is 0.381. The molecule has 3 aromatic heterocycles. The number of rotatable bonds is 4. The SMILES string of the molecule is Cc1cccc(I)c1.[C-]#[N+]c1nccnc1N1CCN2[C@@H](CC[C@@H]2C#C)C1.[C-]#[N+]c1nccnc1N1CCN2[C@@H](CC[C@@H]2c2cn(-c3cccc(C)c3)nn2)C1. The number of halogens is 1. The first-order valence-electron chi connectivity index (χ1n) is 18.9. The molecule has 2 aromatic carbocycles. The molecule has 9 rings (SSSR count). The number of benzene rings is 2. The van der Waals surface area contributed by atoms with Crippen LogP contribution in [0.4, 0.5) is 23.3 Å². The summed E-state index contributed by atoms with van der Waals surface area (Å²) in [6, 6.07) is 18.2. The molecule has 7 heterocycles. The van der Waals surface area contributed by atoms with Gasteiger partial charge in [0.25, 0.3) is 0 Å². The summed E-state index contributed by atoms with van der Waals surface area (Å²) in [7, 11) is 0. The maximum Gasteiger partial charge on any atom is 0.312 e. The van der Waals surface area contributed by atoms with E-state index in [2.05, 4.69) is 151 Å². The van der Waals surface area contributed by atoms with Crippen molar-refractivity contribution < 1.29 is 0 Å². The molecule has 14 heteroatoms. The number of hydrogen-bond acceptors (Lipinski definition) is 10. The van der Waals surface area contributed by atoms with Crippen LogP contribution < -0.4 is 9.80 Å². The molecule has 56 heavy (non-hydrogen) atoms. The number of aromatic nitrogens is 7. The molecule has 4 aliphatic rings. The maximum absolute atomic E-state index is 7.35. The van der Waals surface area contributed by atoms with Crippen molar-refractivity contribution >= 4 is 45.9 Å². The van der Waals surface area contributed by atoms with Crippen LogP contribution in [0.1, 0.15) is 48.5 Å². The molecule has 0 radical (unpaired) electrons. The summed E-state index contributed by atoms with van der Waals surface area (Å²) in [5.74, 6) is 5.06. The minimum atomic E-state index is 0.286. The highest BCUT2D eigenvalue weighted by atomic mass is 127. The second-order valence-corrected chi connectivity index (χ2v) is 15.6. The number of aryl methyl sites for hydroxylation is 2. The molecule has 0 spiro atoms. The van der Waals surface area contributed by atoms with Crippen LogP contribution in [0, 0.1) is 42.9 Å². The van der Waals surface area contributed by atoms with Crippen LogP contribution in [-0.2, 0) is 0 Å². The van der Waals surface area contributed by atoms with Crippen LogP contribution in [0.3, 0.4) is 0 Å². The zero-order valence-corrected chi connectivity index (χ0v) is 33.8. The minimum absolute atomic E-state index is 0.286. The zero-order chi connectivity index (χ0) is 39.0. The average Bonchev–Trinajstić information content (AvgIpc) is 3.99. The molecule has 4 aliphatic heterocycles. The normalized spacial score (nSPS) is 21.6. The van der Waals surface area contributed by atoms with Gasteiger partial charge in [-0.3, -0.25) is 9.80 Å². The van der Waals surface area contributed by atoms with Crippen molar-refractivity contribution in [2.24, 2.45) is 0 Å². The number of hydrogen-bond donors (Lipinski definition) is 0. The molecule has 4 atom stereocenters. The molecule has 4 fully saturated rings. The van der Waals surface area contributed by atoms with Crippen molar-refractivity contribution in [3.05, 3.63) is 123 Å². The Morgan fingerprint density at radius 2 is 1.32 bits per heavy atom. The summed E-state index contributed by atoms with van der Waals surface area (Å²) in [5, 5.41) is 8.87. The summed E-state index contributed by atoms with van der Waals surface area (Å²) in [5.41, 5.74) is 4.61. The van der Waals surface area contributed by atoms with Crippen LogP contribution in [-0.4, -0.2) is 102 Å². The Morgan fingerprint density at radius 3 is 1.91 bits per heavy atom. The third-order valence-corrected chi connectivity index (χ3v) is 11.5. The lowest BCUT2D eigenvalue weighted by molar-refractivity contribution is 0.173. The van der Waals surface area contributed by atoms with Crippen LogP contribution in [0.15, 0.2) is 79.5 Å². The van der Waals surface area contributed by atoms with E-state index in [0.29, 0.717) is 41.4 Å². The van der Waals surface area contributed by atoms with Crippen LogP contribution in [0.25, 0.3) is 15.4 Å². The lowest BCUT2D eigenvalue weighted by atomic mass is 10.1. The van der Waals surface area contributed by atoms with Gasteiger partial charge >= 0.3 is 11.6 Å². The van der Waals surface area contributed by atoms with Crippen molar-refractivity contribution in [1.29, 1.82) is 0 Å². The summed E-state index contributed by atoms with van der Waals surface area (Å²) < 4.78 is 3.18. The third-order valence-electron chi connectivity index (χ3n) is 10.8. The Kier molecular flexibility index (Phi) is 12.5. The Labute approximate surface area is 342 Å². The molecule has 0 saturated carbocycles. The minimum Gasteiger partial charge on any atom is -0.361 e. The number of terminal acetylenes is 1. The van der Waals surface area contributed by atoms with Gasteiger partial charge in [0, 0.05) is 54.9 Å². The second kappa shape index (κ2) is 18.0. The van der Waals surface area contributed by atoms with Crippen LogP contribution in [0.2, 0.25) is 0 Å². The first-order chi connectivity index (χ1) is 27.3. The van der Waals surface area contributed by atoms with Crippen LogP contribution in [0.5, 0.6) is 0 Å². The Balaban J connectivity index is 0.000000152. The molecule has 0 aliphatic carbocycles. The van der Waals surface area contributed by atoms with E-state index in [1.807, 2.05) is 10.7 Å². The Hall–Kier alpha value is -5.47. The molecular weight excluding hydrogens is 813 g/mol. The van der Waals surface area contributed by atoms with E-state index in [4.69, 9.17) is 19.6 Å². The van der Waals surface area contributed by atoms with Crippen LogP contribution >= 0.6 is 22.6 Å². The van der Waals surface area contributed by atoms with Gasteiger partial charge in [0.2, 0.25) is 0 Å². The molecule has 13 nitrogen and oxygen atoms in total. The number of fused-ring (bicyclic) bond motifs is 2. The van der Waals surface area contributed by atoms with E-state index in [-0.39, 0.29) is 6.04 Å². The van der Waals surface area contributed by atoms with E-state index in [0.717, 1.165) is 76.3 Å². The predicted octanol–water partition coefficient (Wildman–Crippen LogP) is 6.86. The van der Waals surface area contributed by atoms with Crippen molar-refractivity contribution in [1.82, 2.24) is 44.7 Å². The summed E-state index contributed by atoms with van der Waals surface area (Å²) in [4.78, 5) is 33.3. The lowest BCUT2D eigenvalue weighted by Gasteiger charge is -2.40. The van der Waals surface area contributed by atoms with Gasteiger partial charge in [0.1, 0.15) is 18.1 Å². The fourth-order valence-corrected chi connectivity index (χ4v) is 8.87. The van der Waals surface area contributed by atoms with E-state index in [9.17, 15) is 0 Å². The molecular formula is C42H44IN13. The Bertz CT molecular complexity index is 2240. The highest BCUT2D eigenvalue weighted by molar-refractivity contribution is 14.1. The molecule has 284 valence electrons. The Morgan fingerprint density at radius 1 is 0.732 bits per heavy atom. The highest BCUT2D eigenvalue weighted by Crippen LogP contribution is 2.39. The molecule has 0 unspecified atom stereocenters. The summed E-state index contributed by atoms with van der Waals surface area (Å²) in [6.07, 6.45) is 18.5. The van der Waals surface area contributed by atoms with Crippen molar-refractivity contribution in [2.45, 2.75) is 63.7 Å². The lowest BCUT2D eigenvalue weighted by Crippen LogP contribution is -2.52. The van der Waals surface area contributed by atoms with Gasteiger partial charge in [0.05, 0.1) is 36.4 Å². The number of nitrogens with zero attached hydrogens (tertiary/aromatic N) is 13. The smallest absolute Gasteiger partial charge is 0.312 e. The van der Waals surface area contributed by atoms with E-state index in [1.54, 1.807) is 24.8 Å². The first kappa shape index (κ1) is 38.8. The standard InChI is InChI=1S/C21H22N8.C14H15N5.C7H7I/c1-15-4-3-5-16(12-15)29-14-18(25-26-29)19-7-6-17-13-27(10-11-28(17)19)21-20(22-2)23-8-9-24-21;1-3-11-4-5-12-10-18(8-9-19(11)12)14-13(15-2)16-6-7-17-14;1-6-3-2-4-7(8)5-6/h3-5,8-9,12,14,17,19H,6-7,10-11,13H2,1H3;1,6-7,11-12H,4-5,8-10H2;2-5H,1H3/t17-,19+;11-,12-;/m00./s1. The molecule has 5 aromatic rings.